The average Bonchev–Trinajstić information content (AvgIpc) is 3.36. The maximum atomic E-state index is 13.0. The molecule has 4 aromatic rings. The van der Waals surface area contributed by atoms with Gasteiger partial charge in [-0.05, 0) is 81.6 Å². The highest BCUT2D eigenvalue weighted by Crippen LogP contribution is 2.31. The lowest BCUT2D eigenvalue weighted by molar-refractivity contribution is 0.627. The first-order chi connectivity index (χ1) is 13.7. The molecule has 28 heavy (non-hydrogen) atoms. The Kier molecular flexibility index (Phi) is 5.60. The topological polar surface area (TPSA) is 0 Å². The zero-order chi connectivity index (χ0) is 19.3. The van der Waals surface area contributed by atoms with E-state index < -0.39 is 0 Å². The Morgan fingerprint density at radius 3 is 1.32 bits per heavy atom. The molecule has 0 aliphatic carbocycles. The summed E-state index contributed by atoms with van der Waals surface area (Å²) in [6, 6.07) is 17.2. The summed E-state index contributed by atoms with van der Waals surface area (Å²) in [6.45, 7) is 0. The molecule has 4 rings (SSSR count). The SMILES string of the molecule is Fc1ccc(C=Cc2cc(-c3csc(C=Cc4ccc(F)cc4)c3)cs2)cc1. The van der Waals surface area contributed by atoms with Crippen molar-refractivity contribution >= 4 is 47.0 Å². The molecule has 0 amide bonds. The van der Waals surface area contributed by atoms with E-state index in [9.17, 15) is 8.78 Å². The van der Waals surface area contributed by atoms with Crippen LogP contribution in [0.3, 0.4) is 0 Å². The van der Waals surface area contributed by atoms with Crippen LogP contribution >= 0.6 is 22.7 Å². The highest BCUT2D eigenvalue weighted by Gasteiger charge is 2.04. The van der Waals surface area contributed by atoms with Crippen molar-refractivity contribution in [2.24, 2.45) is 0 Å². The van der Waals surface area contributed by atoms with Crippen LogP contribution in [0.15, 0.2) is 71.4 Å². The van der Waals surface area contributed by atoms with E-state index in [0.29, 0.717) is 0 Å². The number of rotatable bonds is 5. The van der Waals surface area contributed by atoms with Gasteiger partial charge in [0.2, 0.25) is 0 Å². The molecule has 0 saturated carbocycles. The Bertz CT molecular complexity index is 1020. The van der Waals surface area contributed by atoms with E-state index in [4.69, 9.17) is 0 Å². The third-order valence-electron chi connectivity index (χ3n) is 4.19. The zero-order valence-corrected chi connectivity index (χ0v) is 16.4. The first-order valence-corrected chi connectivity index (χ1v) is 10.5. The number of hydrogen-bond acceptors (Lipinski definition) is 2. The monoisotopic (exact) mass is 406 g/mol. The number of thiophene rings is 2. The van der Waals surface area contributed by atoms with Crippen molar-refractivity contribution in [1.82, 2.24) is 0 Å². The highest BCUT2D eigenvalue weighted by molar-refractivity contribution is 7.12. The lowest BCUT2D eigenvalue weighted by Crippen LogP contribution is -1.73. The number of benzene rings is 2. The second-order valence-corrected chi connectivity index (χ2v) is 8.13. The Morgan fingerprint density at radius 2 is 0.929 bits per heavy atom. The number of halogens is 2. The van der Waals surface area contributed by atoms with Crippen molar-refractivity contribution in [3.8, 4) is 11.1 Å². The van der Waals surface area contributed by atoms with Crippen LogP contribution in [-0.4, -0.2) is 0 Å². The highest BCUT2D eigenvalue weighted by atomic mass is 32.1. The minimum atomic E-state index is -0.225. The molecule has 2 aromatic heterocycles. The molecule has 2 heterocycles. The Morgan fingerprint density at radius 1 is 0.536 bits per heavy atom. The lowest BCUT2D eigenvalue weighted by Gasteiger charge is -1.92. The van der Waals surface area contributed by atoms with Gasteiger partial charge in [0.1, 0.15) is 11.6 Å². The van der Waals surface area contributed by atoms with Crippen LogP contribution < -0.4 is 0 Å². The molecule has 4 heteroatoms. The predicted octanol–water partition coefficient (Wildman–Crippen LogP) is 8.10. The first kappa shape index (κ1) is 18.5. The quantitative estimate of drug-likeness (QED) is 0.314. The fourth-order valence-corrected chi connectivity index (χ4v) is 4.31. The molecule has 0 aliphatic heterocycles. The van der Waals surface area contributed by atoms with Gasteiger partial charge in [-0.3, -0.25) is 0 Å². The van der Waals surface area contributed by atoms with E-state index in [1.165, 1.54) is 35.4 Å². The molecule has 0 nitrogen and oxygen atoms in total. The van der Waals surface area contributed by atoms with Crippen molar-refractivity contribution in [2.45, 2.75) is 0 Å². The Labute approximate surface area is 170 Å². The van der Waals surface area contributed by atoms with E-state index in [0.717, 1.165) is 20.9 Å². The minimum Gasteiger partial charge on any atom is -0.207 e. The van der Waals surface area contributed by atoms with E-state index >= 15 is 0 Å². The summed E-state index contributed by atoms with van der Waals surface area (Å²) in [6.07, 6.45) is 8.06. The Balaban J connectivity index is 1.45. The van der Waals surface area contributed by atoms with E-state index in [1.54, 1.807) is 46.9 Å². The van der Waals surface area contributed by atoms with Crippen molar-refractivity contribution in [1.29, 1.82) is 0 Å². The summed E-state index contributed by atoms with van der Waals surface area (Å²) < 4.78 is 25.9. The molecule has 0 saturated heterocycles. The van der Waals surface area contributed by atoms with Crippen LogP contribution in [0, 0.1) is 11.6 Å². The van der Waals surface area contributed by atoms with Crippen LogP contribution in [0.1, 0.15) is 20.9 Å². The van der Waals surface area contributed by atoms with Crippen molar-refractivity contribution in [3.63, 3.8) is 0 Å². The maximum Gasteiger partial charge on any atom is 0.123 e. The summed E-state index contributed by atoms with van der Waals surface area (Å²) in [7, 11) is 0. The molecule has 0 N–H and O–H groups in total. The fraction of sp³-hybridized carbons (Fsp3) is 0. The second kappa shape index (κ2) is 8.46. The van der Waals surface area contributed by atoms with Gasteiger partial charge in [0.25, 0.3) is 0 Å². The standard InChI is InChI=1S/C24H16F2S2/c25-21-7-1-17(2-8-21)5-11-23-13-19(15-27-23)20-14-24(28-16-20)12-6-18-3-9-22(26)10-4-18/h1-16H. The summed E-state index contributed by atoms with van der Waals surface area (Å²) in [5.74, 6) is -0.449. The van der Waals surface area contributed by atoms with Gasteiger partial charge in [0.05, 0.1) is 0 Å². The molecule has 2 aromatic carbocycles. The van der Waals surface area contributed by atoms with Gasteiger partial charge in [-0.2, -0.15) is 0 Å². The summed E-state index contributed by atoms with van der Waals surface area (Å²) >= 11 is 3.36. The third kappa shape index (κ3) is 4.71. The molecule has 0 atom stereocenters. The Hall–Kier alpha value is -2.82. The molecular weight excluding hydrogens is 390 g/mol. The van der Waals surface area contributed by atoms with E-state index in [1.807, 2.05) is 24.3 Å². The normalized spacial score (nSPS) is 11.6. The summed E-state index contributed by atoms with van der Waals surface area (Å²) in [4.78, 5) is 2.29. The largest absolute Gasteiger partial charge is 0.207 e. The van der Waals surface area contributed by atoms with Gasteiger partial charge in [-0.1, -0.05) is 36.4 Å². The lowest BCUT2D eigenvalue weighted by atomic mass is 10.1. The van der Waals surface area contributed by atoms with Crippen LogP contribution in [-0.2, 0) is 0 Å². The van der Waals surface area contributed by atoms with Gasteiger partial charge in [0, 0.05) is 9.75 Å². The van der Waals surface area contributed by atoms with Crippen LogP contribution in [0.2, 0.25) is 0 Å². The minimum absolute atomic E-state index is 0.225. The maximum absolute atomic E-state index is 13.0. The molecule has 0 aliphatic rings. The van der Waals surface area contributed by atoms with Crippen molar-refractivity contribution in [3.05, 3.63) is 104 Å². The first-order valence-electron chi connectivity index (χ1n) is 8.70. The summed E-state index contributed by atoms with van der Waals surface area (Å²) in [5, 5.41) is 4.28. The van der Waals surface area contributed by atoms with Gasteiger partial charge in [-0.25, -0.2) is 8.78 Å². The van der Waals surface area contributed by atoms with Gasteiger partial charge >= 0.3 is 0 Å². The van der Waals surface area contributed by atoms with Crippen molar-refractivity contribution in [2.75, 3.05) is 0 Å². The summed E-state index contributed by atoms with van der Waals surface area (Å²) in [5.41, 5.74) is 4.31. The van der Waals surface area contributed by atoms with Gasteiger partial charge in [0.15, 0.2) is 0 Å². The molecule has 138 valence electrons. The smallest absolute Gasteiger partial charge is 0.123 e. The van der Waals surface area contributed by atoms with E-state index in [-0.39, 0.29) is 11.6 Å². The van der Waals surface area contributed by atoms with Gasteiger partial charge < -0.3 is 0 Å². The van der Waals surface area contributed by atoms with Crippen LogP contribution in [0.4, 0.5) is 8.78 Å². The molecular formula is C24H16F2S2. The molecule has 0 unspecified atom stereocenters. The molecule has 0 fully saturated rings. The zero-order valence-electron chi connectivity index (χ0n) is 14.8. The molecule has 0 bridgehead atoms. The third-order valence-corrected chi connectivity index (χ3v) is 5.99. The van der Waals surface area contributed by atoms with E-state index in [2.05, 4.69) is 22.9 Å². The fourth-order valence-electron chi connectivity index (χ4n) is 2.69. The predicted molar refractivity (Wildman–Crippen MR) is 118 cm³/mol. The van der Waals surface area contributed by atoms with Crippen LogP contribution in [0.25, 0.3) is 35.4 Å². The van der Waals surface area contributed by atoms with Gasteiger partial charge in [-0.15, -0.1) is 22.7 Å². The van der Waals surface area contributed by atoms with Crippen LogP contribution in [0.5, 0.6) is 0 Å². The number of hydrogen-bond donors (Lipinski definition) is 0. The van der Waals surface area contributed by atoms with Crippen molar-refractivity contribution < 1.29 is 8.78 Å². The average molecular weight is 407 g/mol. The molecule has 0 spiro atoms. The second-order valence-electron chi connectivity index (χ2n) is 6.25. The molecule has 0 radical (unpaired) electrons.